The zero-order chi connectivity index (χ0) is 14.6. The second-order valence-electron chi connectivity index (χ2n) is 6.13. The van der Waals surface area contributed by atoms with Crippen molar-refractivity contribution in [1.82, 2.24) is 5.43 Å². The van der Waals surface area contributed by atoms with Crippen LogP contribution in [0.5, 0.6) is 0 Å². The van der Waals surface area contributed by atoms with Gasteiger partial charge in [-0.05, 0) is 43.0 Å². The van der Waals surface area contributed by atoms with Crippen molar-refractivity contribution >= 4 is 23.2 Å². The zero-order valence-corrected chi connectivity index (χ0v) is 11.8. The largest absolute Gasteiger partial charge is 0.325 e. The summed E-state index contributed by atoms with van der Waals surface area (Å²) in [5.74, 6) is 0.241. The minimum Gasteiger partial charge on any atom is -0.325 e. The Labute approximate surface area is 122 Å². The number of nitrogens with one attached hydrogen (secondary N) is 2. The number of anilines is 1. The molecule has 2 N–H and O–H groups in total. The fourth-order valence-corrected chi connectivity index (χ4v) is 3.74. The quantitative estimate of drug-likeness (QED) is 0.827. The van der Waals surface area contributed by atoms with Crippen LogP contribution >= 0.6 is 0 Å². The van der Waals surface area contributed by atoms with Crippen LogP contribution in [-0.4, -0.2) is 17.5 Å². The molecule has 5 nitrogen and oxygen atoms in total. The van der Waals surface area contributed by atoms with Gasteiger partial charge in [-0.1, -0.05) is 12.5 Å². The second-order valence-corrected chi connectivity index (χ2v) is 6.13. The normalized spacial score (nSPS) is 30.3. The lowest BCUT2D eigenvalue weighted by molar-refractivity contribution is -0.126. The molecule has 4 rings (SSSR count). The van der Waals surface area contributed by atoms with Gasteiger partial charge in [0, 0.05) is 17.5 Å². The number of hydrazone groups is 1. The Balaban J connectivity index is 1.75. The number of fused-ring (bicyclic) bond motifs is 2. The number of carbonyl (C=O) groups excluding carboxylic acids is 2. The van der Waals surface area contributed by atoms with Crippen molar-refractivity contribution in [3.63, 3.8) is 0 Å². The van der Waals surface area contributed by atoms with E-state index in [2.05, 4.69) is 15.8 Å². The molecule has 3 atom stereocenters. The Bertz CT molecular complexity index is 680. The van der Waals surface area contributed by atoms with Crippen molar-refractivity contribution in [3.05, 3.63) is 29.3 Å². The molecule has 0 radical (unpaired) electrons. The molecule has 1 aliphatic carbocycles. The predicted molar refractivity (Wildman–Crippen MR) is 79.0 cm³/mol. The van der Waals surface area contributed by atoms with Crippen LogP contribution in [0.1, 0.15) is 43.2 Å². The first-order chi connectivity index (χ1) is 10.1. The molecule has 108 valence electrons. The number of rotatable bonds is 1. The number of hydrogen-bond acceptors (Lipinski definition) is 3. The molecule has 1 aromatic rings. The first-order valence-corrected chi connectivity index (χ1v) is 7.48. The van der Waals surface area contributed by atoms with Crippen molar-refractivity contribution in [2.24, 2.45) is 16.9 Å². The maximum atomic E-state index is 11.9. The molecule has 2 aliphatic heterocycles. The highest BCUT2D eigenvalue weighted by atomic mass is 16.2. The predicted octanol–water partition coefficient (Wildman–Crippen LogP) is 1.99. The second kappa shape index (κ2) is 4.41. The van der Waals surface area contributed by atoms with E-state index in [1.165, 1.54) is 0 Å². The summed E-state index contributed by atoms with van der Waals surface area (Å²) < 4.78 is 0. The lowest BCUT2D eigenvalue weighted by Gasteiger charge is -2.25. The number of nitrogens with zero attached hydrogens (tertiary/aromatic N) is 1. The summed E-state index contributed by atoms with van der Waals surface area (Å²) in [6.07, 6.45) is 3.03. The van der Waals surface area contributed by atoms with Gasteiger partial charge in [-0.3, -0.25) is 9.59 Å². The Morgan fingerprint density at radius 2 is 1.95 bits per heavy atom. The SMILES string of the molecule is CC1C(=O)Nc2ccc(C3=NNC(=O)C4CCCC34)cc21. The van der Waals surface area contributed by atoms with Crippen molar-refractivity contribution in [3.8, 4) is 0 Å². The van der Waals surface area contributed by atoms with E-state index < -0.39 is 0 Å². The molecule has 0 saturated heterocycles. The molecule has 1 aromatic carbocycles. The number of hydrogen-bond donors (Lipinski definition) is 2. The van der Waals surface area contributed by atoms with E-state index in [9.17, 15) is 9.59 Å². The summed E-state index contributed by atoms with van der Waals surface area (Å²) in [6.45, 7) is 1.91. The molecule has 2 heterocycles. The van der Waals surface area contributed by atoms with Gasteiger partial charge >= 0.3 is 0 Å². The monoisotopic (exact) mass is 283 g/mol. The molecule has 1 fully saturated rings. The molecule has 0 spiro atoms. The molecule has 2 amide bonds. The van der Waals surface area contributed by atoms with Crippen LogP contribution < -0.4 is 10.7 Å². The third-order valence-electron chi connectivity index (χ3n) is 4.96. The fourth-order valence-electron chi connectivity index (χ4n) is 3.74. The lowest BCUT2D eigenvalue weighted by atomic mass is 9.85. The summed E-state index contributed by atoms with van der Waals surface area (Å²) in [7, 11) is 0. The van der Waals surface area contributed by atoms with Gasteiger partial charge in [0.15, 0.2) is 0 Å². The highest BCUT2D eigenvalue weighted by molar-refractivity contribution is 6.09. The van der Waals surface area contributed by atoms with Crippen molar-refractivity contribution in [2.75, 3.05) is 5.32 Å². The zero-order valence-electron chi connectivity index (χ0n) is 11.8. The first-order valence-electron chi connectivity index (χ1n) is 7.48. The van der Waals surface area contributed by atoms with Gasteiger partial charge < -0.3 is 5.32 Å². The maximum absolute atomic E-state index is 11.9. The third-order valence-corrected chi connectivity index (χ3v) is 4.96. The Hall–Kier alpha value is -2.17. The maximum Gasteiger partial charge on any atom is 0.243 e. The number of amides is 2. The van der Waals surface area contributed by atoms with E-state index in [4.69, 9.17) is 0 Å². The fraction of sp³-hybridized carbons (Fsp3) is 0.438. The first kappa shape index (κ1) is 12.6. The Morgan fingerprint density at radius 3 is 2.81 bits per heavy atom. The van der Waals surface area contributed by atoms with Gasteiger partial charge in [0.25, 0.3) is 0 Å². The smallest absolute Gasteiger partial charge is 0.243 e. The highest BCUT2D eigenvalue weighted by Gasteiger charge is 2.40. The van der Waals surface area contributed by atoms with Crippen LogP contribution in [0.25, 0.3) is 0 Å². The number of benzene rings is 1. The van der Waals surface area contributed by atoms with Gasteiger partial charge in [-0.25, -0.2) is 5.43 Å². The topological polar surface area (TPSA) is 70.6 Å². The summed E-state index contributed by atoms with van der Waals surface area (Å²) in [6, 6.07) is 5.97. The standard InChI is InChI=1S/C16H17N3O2/c1-8-12-7-9(5-6-13(12)17-15(8)20)14-10-3-2-4-11(10)16(21)19-18-14/h5-8,10-11H,2-4H2,1H3,(H,17,20)(H,19,21). The molecule has 5 heteroatoms. The van der Waals surface area contributed by atoms with Crippen molar-refractivity contribution in [1.29, 1.82) is 0 Å². The molecular weight excluding hydrogens is 266 g/mol. The van der Waals surface area contributed by atoms with Gasteiger partial charge in [-0.15, -0.1) is 0 Å². The minimum absolute atomic E-state index is 0.0415. The Morgan fingerprint density at radius 1 is 1.14 bits per heavy atom. The van der Waals surface area contributed by atoms with E-state index >= 15 is 0 Å². The summed E-state index contributed by atoms with van der Waals surface area (Å²) >= 11 is 0. The molecule has 21 heavy (non-hydrogen) atoms. The van der Waals surface area contributed by atoms with Crippen LogP contribution in [-0.2, 0) is 9.59 Å². The Kier molecular flexibility index (Phi) is 2.64. The van der Waals surface area contributed by atoms with E-state index in [1.807, 2.05) is 25.1 Å². The van der Waals surface area contributed by atoms with Crippen LogP contribution in [0.2, 0.25) is 0 Å². The van der Waals surface area contributed by atoms with Crippen LogP contribution in [0.4, 0.5) is 5.69 Å². The van der Waals surface area contributed by atoms with Gasteiger partial charge in [-0.2, -0.15) is 5.10 Å². The number of carbonyl (C=O) groups is 2. The van der Waals surface area contributed by atoms with Crippen LogP contribution in [0, 0.1) is 11.8 Å². The van der Waals surface area contributed by atoms with Gasteiger partial charge in [0.1, 0.15) is 0 Å². The average molecular weight is 283 g/mol. The molecule has 3 aliphatic rings. The highest BCUT2D eigenvalue weighted by Crippen LogP contribution is 2.38. The summed E-state index contributed by atoms with van der Waals surface area (Å²) in [4.78, 5) is 23.6. The van der Waals surface area contributed by atoms with Crippen LogP contribution in [0.15, 0.2) is 23.3 Å². The minimum atomic E-state index is -0.127. The van der Waals surface area contributed by atoms with Crippen molar-refractivity contribution < 1.29 is 9.59 Å². The van der Waals surface area contributed by atoms with Crippen LogP contribution in [0.3, 0.4) is 0 Å². The molecule has 0 aromatic heterocycles. The van der Waals surface area contributed by atoms with E-state index in [1.54, 1.807) is 0 Å². The molecule has 0 bridgehead atoms. The lowest BCUT2D eigenvalue weighted by Crippen LogP contribution is -2.39. The van der Waals surface area contributed by atoms with E-state index in [0.29, 0.717) is 0 Å². The summed E-state index contributed by atoms with van der Waals surface area (Å²) in [5.41, 5.74) is 6.55. The van der Waals surface area contributed by atoms with Gasteiger partial charge in [0.05, 0.1) is 11.6 Å². The van der Waals surface area contributed by atoms with Gasteiger partial charge in [0.2, 0.25) is 11.8 Å². The summed E-state index contributed by atoms with van der Waals surface area (Å²) in [5, 5.41) is 7.19. The molecule has 1 saturated carbocycles. The average Bonchev–Trinajstić information content (AvgIpc) is 3.07. The third kappa shape index (κ3) is 1.80. The molecule has 3 unspecified atom stereocenters. The molecular formula is C16H17N3O2. The van der Waals surface area contributed by atoms with Crippen molar-refractivity contribution in [2.45, 2.75) is 32.1 Å². The van der Waals surface area contributed by atoms with E-state index in [0.717, 1.165) is 41.8 Å². The van der Waals surface area contributed by atoms with E-state index in [-0.39, 0.29) is 29.6 Å².